The van der Waals surface area contributed by atoms with Crippen LogP contribution in [-0.2, 0) is 4.79 Å². The Hall–Kier alpha value is -0.520. The lowest BCUT2D eigenvalue weighted by Gasteiger charge is -2.20. The molecule has 0 aliphatic carbocycles. The number of nitrogens with two attached hydrogens (primary N) is 1. The molecule has 0 fully saturated rings. The van der Waals surface area contributed by atoms with Gasteiger partial charge in [0.25, 0.3) is 0 Å². The molecule has 0 aliphatic rings. The average Bonchev–Trinajstić information content (AvgIpc) is 2.66. The maximum absolute atomic E-state index is 11.3. The van der Waals surface area contributed by atoms with E-state index in [1.165, 1.54) is 4.21 Å². The Kier molecular flexibility index (Phi) is 3.97. The number of carbonyl (C=O) groups is 1. The molecule has 0 unspecified atom stereocenters. The van der Waals surface area contributed by atoms with Gasteiger partial charge in [0.05, 0.1) is 9.62 Å². The van der Waals surface area contributed by atoms with Crippen LogP contribution in [0.4, 0.5) is 0 Å². The number of hydrogen-bond acceptors (Lipinski definition) is 4. The number of amides is 1. The predicted molar refractivity (Wildman–Crippen MR) is 61.2 cm³/mol. The SMILES string of the molecule is CC(C)(CSc1cccs1)C(=O)NN. The van der Waals surface area contributed by atoms with Crippen molar-refractivity contribution < 1.29 is 4.79 Å². The van der Waals surface area contributed by atoms with Crippen molar-refractivity contribution in [2.75, 3.05) is 5.75 Å². The molecule has 1 aromatic rings. The normalized spacial score (nSPS) is 11.4. The summed E-state index contributed by atoms with van der Waals surface area (Å²) in [5, 5.41) is 2.03. The maximum Gasteiger partial charge on any atom is 0.240 e. The monoisotopic (exact) mass is 230 g/mol. The lowest BCUT2D eigenvalue weighted by Crippen LogP contribution is -2.42. The van der Waals surface area contributed by atoms with Crippen molar-refractivity contribution in [3.63, 3.8) is 0 Å². The van der Waals surface area contributed by atoms with Crippen LogP contribution in [0.25, 0.3) is 0 Å². The van der Waals surface area contributed by atoms with Crippen LogP contribution in [0.2, 0.25) is 0 Å². The molecule has 0 bridgehead atoms. The molecule has 0 saturated heterocycles. The van der Waals surface area contributed by atoms with Crippen molar-refractivity contribution in [2.45, 2.75) is 18.1 Å². The highest BCUT2D eigenvalue weighted by atomic mass is 32.2. The first-order valence-corrected chi connectivity index (χ1v) is 6.10. The average molecular weight is 230 g/mol. The van der Waals surface area contributed by atoms with Crippen molar-refractivity contribution in [2.24, 2.45) is 11.3 Å². The minimum atomic E-state index is -0.427. The highest BCUT2D eigenvalue weighted by molar-refractivity contribution is 8.01. The summed E-state index contributed by atoms with van der Waals surface area (Å²) in [6.45, 7) is 3.77. The molecule has 1 heterocycles. The summed E-state index contributed by atoms with van der Waals surface area (Å²) >= 11 is 3.36. The first kappa shape index (κ1) is 11.6. The van der Waals surface area contributed by atoms with Gasteiger partial charge in [-0.25, -0.2) is 5.84 Å². The second-order valence-electron chi connectivity index (χ2n) is 3.58. The van der Waals surface area contributed by atoms with E-state index in [0.717, 1.165) is 5.75 Å². The fourth-order valence-electron chi connectivity index (χ4n) is 0.858. The molecule has 0 saturated carbocycles. The summed E-state index contributed by atoms with van der Waals surface area (Å²) in [6.07, 6.45) is 0. The van der Waals surface area contributed by atoms with E-state index >= 15 is 0 Å². The van der Waals surface area contributed by atoms with Crippen molar-refractivity contribution in [1.29, 1.82) is 0 Å². The molecule has 0 spiro atoms. The molecular weight excluding hydrogens is 216 g/mol. The van der Waals surface area contributed by atoms with Crippen LogP contribution < -0.4 is 11.3 Å². The first-order chi connectivity index (χ1) is 6.56. The molecule has 78 valence electrons. The fraction of sp³-hybridized carbons (Fsp3) is 0.444. The Bertz CT molecular complexity index is 296. The zero-order valence-corrected chi connectivity index (χ0v) is 9.87. The van der Waals surface area contributed by atoms with Crippen LogP contribution in [0.5, 0.6) is 0 Å². The molecule has 1 aromatic heterocycles. The number of rotatable bonds is 4. The van der Waals surface area contributed by atoms with E-state index in [9.17, 15) is 4.79 Å². The van der Waals surface area contributed by atoms with Crippen molar-refractivity contribution in [3.05, 3.63) is 17.5 Å². The lowest BCUT2D eigenvalue weighted by atomic mass is 9.96. The molecule has 0 aromatic carbocycles. The smallest absolute Gasteiger partial charge is 0.240 e. The Morgan fingerprint density at radius 1 is 1.71 bits per heavy atom. The van der Waals surface area contributed by atoms with Gasteiger partial charge in [-0.1, -0.05) is 19.9 Å². The van der Waals surface area contributed by atoms with Gasteiger partial charge >= 0.3 is 0 Å². The molecule has 0 atom stereocenters. The van der Waals surface area contributed by atoms with E-state index in [1.54, 1.807) is 23.1 Å². The van der Waals surface area contributed by atoms with Crippen molar-refractivity contribution in [3.8, 4) is 0 Å². The van der Waals surface area contributed by atoms with E-state index in [0.29, 0.717) is 0 Å². The molecule has 0 radical (unpaired) electrons. The summed E-state index contributed by atoms with van der Waals surface area (Å²) in [5.41, 5.74) is 1.76. The number of hydrazine groups is 1. The molecule has 0 aliphatic heterocycles. The van der Waals surface area contributed by atoms with Gasteiger partial charge in [0.15, 0.2) is 0 Å². The van der Waals surface area contributed by atoms with Crippen LogP contribution in [0.15, 0.2) is 21.7 Å². The highest BCUT2D eigenvalue weighted by Gasteiger charge is 2.26. The number of hydrogen-bond donors (Lipinski definition) is 2. The van der Waals surface area contributed by atoms with Gasteiger partial charge in [-0.05, 0) is 11.4 Å². The summed E-state index contributed by atoms with van der Waals surface area (Å²) in [5.74, 6) is 5.71. The molecular formula is C9H14N2OS2. The quantitative estimate of drug-likeness (QED) is 0.359. The third-order valence-electron chi connectivity index (χ3n) is 1.82. The minimum absolute atomic E-state index is 0.124. The Morgan fingerprint density at radius 3 is 2.93 bits per heavy atom. The molecule has 5 heteroatoms. The zero-order chi connectivity index (χ0) is 10.6. The molecule has 3 N–H and O–H groups in total. The second-order valence-corrected chi connectivity index (χ2v) is 5.80. The number of nitrogens with one attached hydrogen (secondary N) is 1. The molecule has 14 heavy (non-hydrogen) atoms. The first-order valence-electron chi connectivity index (χ1n) is 4.23. The van der Waals surface area contributed by atoms with Gasteiger partial charge in [0.2, 0.25) is 5.91 Å². The third-order valence-corrected chi connectivity index (χ3v) is 4.41. The van der Waals surface area contributed by atoms with E-state index < -0.39 is 5.41 Å². The van der Waals surface area contributed by atoms with Crippen molar-refractivity contribution in [1.82, 2.24) is 5.43 Å². The summed E-state index contributed by atoms with van der Waals surface area (Å²) < 4.78 is 1.22. The predicted octanol–water partition coefficient (Wildman–Crippen LogP) is 1.86. The van der Waals surface area contributed by atoms with E-state index in [1.807, 2.05) is 31.4 Å². The van der Waals surface area contributed by atoms with Gasteiger partial charge in [-0.2, -0.15) is 0 Å². The maximum atomic E-state index is 11.3. The minimum Gasteiger partial charge on any atom is -0.294 e. The molecule has 3 nitrogen and oxygen atoms in total. The van der Waals surface area contributed by atoms with Gasteiger partial charge in [-0.3, -0.25) is 10.2 Å². The van der Waals surface area contributed by atoms with E-state index in [2.05, 4.69) is 5.43 Å². The number of thioether (sulfide) groups is 1. The van der Waals surface area contributed by atoms with E-state index in [-0.39, 0.29) is 5.91 Å². The Morgan fingerprint density at radius 2 is 2.43 bits per heavy atom. The Labute approximate surface area is 92.0 Å². The largest absolute Gasteiger partial charge is 0.294 e. The van der Waals surface area contributed by atoms with Crippen LogP contribution in [0, 0.1) is 5.41 Å². The number of carbonyl (C=O) groups excluding carboxylic acids is 1. The summed E-state index contributed by atoms with van der Waals surface area (Å²) in [4.78, 5) is 11.3. The third kappa shape index (κ3) is 3.01. The van der Waals surface area contributed by atoms with Crippen LogP contribution in [0.1, 0.15) is 13.8 Å². The molecule has 1 rings (SSSR count). The van der Waals surface area contributed by atoms with Gasteiger partial charge < -0.3 is 0 Å². The topological polar surface area (TPSA) is 55.1 Å². The summed E-state index contributed by atoms with van der Waals surface area (Å²) in [6, 6.07) is 4.05. The second kappa shape index (κ2) is 4.82. The standard InChI is InChI=1S/C9H14N2OS2/c1-9(2,8(12)11-10)6-14-7-4-3-5-13-7/h3-5H,6,10H2,1-2H3,(H,11,12). The molecule has 1 amide bonds. The van der Waals surface area contributed by atoms with Gasteiger partial charge in [0, 0.05) is 5.75 Å². The van der Waals surface area contributed by atoms with Gasteiger partial charge in [0.1, 0.15) is 0 Å². The van der Waals surface area contributed by atoms with Crippen LogP contribution in [-0.4, -0.2) is 11.7 Å². The van der Waals surface area contributed by atoms with Crippen LogP contribution in [0.3, 0.4) is 0 Å². The zero-order valence-electron chi connectivity index (χ0n) is 8.24. The van der Waals surface area contributed by atoms with E-state index in [4.69, 9.17) is 5.84 Å². The summed E-state index contributed by atoms with van der Waals surface area (Å²) in [7, 11) is 0. The van der Waals surface area contributed by atoms with Gasteiger partial charge in [-0.15, -0.1) is 23.1 Å². The highest BCUT2D eigenvalue weighted by Crippen LogP contribution is 2.30. The van der Waals surface area contributed by atoms with Crippen LogP contribution >= 0.6 is 23.1 Å². The number of thiophene rings is 1. The lowest BCUT2D eigenvalue weighted by molar-refractivity contribution is -0.128. The fourth-order valence-corrected chi connectivity index (χ4v) is 2.73. The Balaban J connectivity index is 2.48. The van der Waals surface area contributed by atoms with Crippen molar-refractivity contribution >= 4 is 29.0 Å².